The summed E-state index contributed by atoms with van der Waals surface area (Å²) in [7, 11) is 1.63. The minimum atomic E-state index is -0.375. The Labute approximate surface area is 95.8 Å². The van der Waals surface area contributed by atoms with E-state index in [1.165, 1.54) is 0 Å². The van der Waals surface area contributed by atoms with Crippen LogP contribution in [0.25, 0.3) is 0 Å². The Morgan fingerprint density at radius 2 is 2.06 bits per heavy atom. The maximum Gasteiger partial charge on any atom is 0.234 e. The van der Waals surface area contributed by atoms with Gasteiger partial charge in [0.15, 0.2) is 0 Å². The molecule has 0 fully saturated rings. The number of nitrogens with two attached hydrogens (primary N) is 1. The summed E-state index contributed by atoms with van der Waals surface area (Å²) in [5.74, 6) is -0.364. The van der Waals surface area contributed by atoms with E-state index in [9.17, 15) is 4.79 Å². The fourth-order valence-corrected chi connectivity index (χ4v) is 1.48. The van der Waals surface area contributed by atoms with Gasteiger partial charge in [-0.05, 0) is 12.5 Å². The lowest BCUT2D eigenvalue weighted by Crippen LogP contribution is -2.42. The van der Waals surface area contributed by atoms with E-state index in [0.29, 0.717) is 6.61 Å². The van der Waals surface area contributed by atoms with Gasteiger partial charge in [-0.25, -0.2) is 0 Å². The SMILES string of the molecule is COCC(N[C@@H](C)C(N)=O)c1ccccc1. The first-order valence-corrected chi connectivity index (χ1v) is 5.24. The van der Waals surface area contributed by atoms with E-state index in [1.807, 2.05) is 30.3 Å². The third kappa shape index (κ3) is 3.64. The molecule has 4 heteroatoms. The van der Waals surface area contributed by atoms with Gasteiger partial charge >= 0.3 is 0 Å². The van der Waals surface area contributed by atoms with Gasteiger partial charge in [-0.15, -0.1) is 0 Å². The zero-order chi connectivity index (χ0) is 12.0. The van der Waals surface area contributed by atoms with Crippen molar-refractivity contribution in [3.05, 3.63) is 35.9 Å². The van der Waals surface area contributed by atoms with E-state index < -0.39 is 0 Å². The van der Waals surface area contributed by atoms with E-state index in [0.717, 1.165) is 5.56 Å². The highest BCUT2D eigenvalue weighted by molar-refractivity contribution is 5.79. The second-order valence-electron chi connectivity index (χ2n) is 3.71. The standard InChI is InChI=1S/C12H18N2O2/c1-9(12(13)15)14-11(8-16-2)10-6-4-3-5-7-10/h3-7,9,11,14H,8H2,1-2H3,(H2,13,15)/t9-,11?/m0/s1. The fraction of sp³-hybridized carbons (Fsp3) is 0.417. The molecule has 0 saturated carbocycles. The molecule has 0 heterocycles. The van der Waals surface area contributed by atoms with Gasteiger partial charge in [-0.2, -0.15) is 0 Å². The van der Waals surface area contributed by atoms with Crippen LogP contribution in [0.4, 0.5) is 0 Å². The molecule has 0 aliphatic heterocycles. The normalized spacial score (nSPS) is 14.4. The average molecular weight is 222 g/mol. The molecule has 1 unspecified atom stereocenters. The molecule has 0 radical (unpaired) electrons. The van der Waals surface area contributed by atoms with Crippen molar-refractivity contribution in [2.24, 2.45) is 5.73 Å². The van der Waals surface area contributed by atoms with Crippen LogP contribution in [0.1, 0.15) is 18.5 Å². The molecule has 2 atom stereocenters. The highest BCUT2D eigenvalue weighted by Gasteiger charge is 2.16. The molecule has 1 aromatic carbocycles. The zero-order valence-corrected chi connectivity index (χ0v) is 9.64. The van der Waals surface area contributed by atoms with E-state index >= 15 is 0 Å². The number of hydrogen-bond acceptors (Lipinski definition) is 3. The van der Waals surface area contributed by atoms with E-state index in [1.54, 1.807) is 14.0 Å². The number of rotatable bonds is 6. The Kier molecular flexibility index (Phi) is 4.95. The van der Waals surface area contributed by atoms with Crippen LogP contribution in [0.15, 0.2) is 30.3 Å². The summed E-state index contributed by atoms with van der Waals surface area (Å²) in [6.45, 7) is 2.25. The Morgan fingerprint density at radius 1 is 1.44 bits per heavy atom. The molecule has 0 saturated heterocycles. The van der Waals surface area contributed by atoms with Crippen LogP contribution in [0, 0.1) is 0 Å². The molecule has 0 spiro atoms. The van der Waals surface area contributed by atoms with Crippen molar-refractivity contribution in [3.8, 4) is 0 Å². The van der Waals surface area contributed by atoms with E-state index in [-0.39, 0.29) is 18.0 Å². The summed E-state index contributed by atoms with van der Waals surface area (Å²) in [6, 6.07) is 9.44. The lowest BCUT2D eigenvalue weighted by atomic mass is 10.1. The summed E-state index contributed by atoms with van der Waals surface area (Å²) in [5, 5.41) is 3.13. The zero-order valence-electron chi connectivity index (χ0n) is 9.64. The van der Waals surface area contributed by atoms with Gasteiger partial charge in [0.2, 0.25) is 5.91 Å². The van der Waals surface area contributed by atoms with Crippen LogP contribution >= 0.6 is 0 Å². The van der Waals surface area contributed by atoms with Crippen molar-refractivity contribution in [2.75, 3.05) is 13.7 Å². The topological polar surface area (TPSA) is 64.3 Å². The first kappa shape index (κ1) is 12.7. The second-order valence-corrected chi connectivity index (χ2v) is 3.71. The van der Waals surface area contributed by atoms with Crippen molar-refractivity contribution in [2.45, 2.75) is 19.0 Å². The van der Waals surface area contributed by atoms with Gasteiger partial charge in [-0.3, -0.25) is 10.1 Å². The minimum absolute atomic E-state index is 0.0197. The van der Waals surface area contributed by atoms with Crippen LogP contribution < -0.4 is 11.1 Å². The molecule has 1 aromatic rings. The molecule has 3 N–H and O–H groups in total. The van der Waals surface area contributed by atoms with Gasteiger partial charge in [0.1, 0.15) is 0 Å². The number of primary amides is 1. The summed E-state index contributed by atoms with van der Waals surface area (Å²) in [6.07, 6.45) is 0. The first-order chi connectivity index (χ1) is 7.65. The summed E-state index contributed by atoms with van der Waals surface area (Å²) < 4.78 is 5.12. The second kappa shape index (κ2) is 6.25. The van der Waals surface area contributed by atoms with Crippen molar-refractivity contribution in [1.29, 1.82) is 0 Å². The lowest BCUT2D eigenvalue weighted by Gasteiger charge is -2.21. The Bertz CT molecular complexity index is 327. The smallest absolute Gasteiger partial charge is 0.234 e. The summed E-state index contributed by atoms with van der Waals surface area (Å²) in [5.41, 5.74) is 6.30. The monoisotopic (exact) mass is 222 g/mol. The lowest BCUT2D eigenvalue weighted by molar-refractivity contribution is -0.119. The predicted molar refractivity (Wildman–Crippen MR) is 62.9 cm³/mol. The molecular weight excluding hydrogens is 204 g/mol. The minimum Gasteiger partial charge on any atom is -0.383 e. The molecule has 0 aromatic heterocycles. The van der Waals surface area contributed by atoms with E-state index in [4.69, 9.17) is 10.5 Å². The van der Waals surface area contributed by atoms with Crippen molar-refractivity contribution < 1.29 is 9.53 Å². The molecule has 88 valence electrons. The van der Waals surface area contributed by atoms with Gasteiger partial charge in [0, 0.05) is 7.11 Å². The number of amides is 1. The van der Waals surface area contributed by atoms with Gasteiger partial charge in [0.25, 0.3) is 0 Å². The average Bonchev–Trinajstić information content (AvgIpc) is 2.29. The van der Waals surface area contributed by atoms with Gasteiger partial charge in [0.05, 0.1) is 18.7 Å². The molecular formula is C12H18N2O2. The Balaban J connectivity index is 2.72. The van der Waals surface area contributed by atoms with Crippen LogP contribution in [0.2, 0.25) is 0 Å². The number of carbonyl (C=O) groups is 1. The maximum atomic E-state index is 11.0. The Morgan fingerprint density at radius 3 is 2.56 bits per heavy atom. The quantitative estimate of drug-likeness (QED) is 0.749. The molecule has 4 nitrogen and oxygen atoms in total. The van der Waals surface area contributed by atoms with Gasteiger partial charge < -0.3 is 10.5 Å². The van der Waals surface area contributed by atoms with Crippen LogP contribution in [-0.2, 0) is 9.53 Å². The van der Waals surface area contributed by atoms with Crippen molar-refractivity contribution >= 4 is 5.91 Å². The summed E-state index contributed by atoms with van der Waals surface area (Å²) >= 11 is 0. The molecule has 0 aliphatic carbocycles. The van der Waals surface area contributed by atoms with E-state index in [2.05, 4.69) is 5.32 Å². The van der Waals surface area contributed by atoms with Crippen LogP contribution in [0.5, 0.6) is 0 Å². The Hall–Kier alpha value is -1.39. The first-order valence-electron chi connectivity index (χ1n) is 5.24. The number of ether oxygens (including phenoxy) is 1. The van der Waals surface area contributed by atoms with Crippen molar-refractivity contribution in [3.63, 3.8) is 0 Å². The van der Waals surface area contributed by atoms with Crippen LogP contribution in [0.3, 0.4) is 0 Å². The maximum absolute atomic E-state index is 11.0. The number of carbonyl (C=O) groups excluding carboxylic acids is 1. The van der Waals surface area contributed by atoms with Gasteiger partial charge in [-0.1, -0.05) is 30.3 Å². The third-order valence-corrected chi connectivity index (χ3v) is 2.41. The molecule has 1 rings (SSSR count). The number of nitrogens with one attached hydrogen (secondary N) is 1. The largest absolute Gasteiger partial charge is 0.383 e. The number of methoxy groups -OCH3 is 1. The number of benzene rings is 1. The summed E-state index contributed by atoms with van der Waals surface area (Å²) in [4.78, 5) is 11.0. The highest BCUT2D eigenvalue weighted by atomic mass is 16.5. The predicted octanol–water partition coefficient (Wildman–Crippen LogP) is 0.838. The van der Waals surface area contributed by atoms with Crippen LogP contribution in [-0.4, -0.2) is 25.7 Å². The number of hydrogen-bond donors (Lipinski definition) is 2. The fourth-order valence-electron chi connectivity index (χ4n) is 1.48. The highest BCUT2D eigenvalue weighted by Crippen LogP contribution is 2.13. The molecule has 1 amide bonds. The third-order valence-electron chi connectivity index (χ3n) is 2.41. The molecule has 0 bridgehead atoms. The molecule has 0 aliphatic rings. The molecule has 16 heavy (non-hydrogen) atoms. The van der Waals surface area contributed by atoms with Crippen molar-refractivity contribution in [1.82, 2.24) is 5.32 Å².